The highest BCUT2D eigenvalue weighted by atomic mass is 16.4. The zero-order valence-corrected chi connectivity index (χ0v) is 12.3. The van der Waals surface area contributed by atoms with Crippen LogP contribution in [0.25, 0.3) is 0 Å². The maximum atomic E-state index is 11.7. The number of carboxylic acid groups (broad SMARTS) is 1. The van der Waals surface area contributed by atoms with E-state index in [0.717, 1.165) is 0 Å². The molecular weight excluding hydrogens is 274 g/mol. The lowest BCUT2D eigenvalue weighted by atomic mass is 10.1. The molecule has 0 heterocycles. The summed E-state index contributed by atoms with van der Waals surface area (Å²) in [4.78, 5) is 35.7. The van der Waals surface area contributed by atoms with Gasteiger partial charge in [-0.1, -0.05) is 12.1 Å². The number of hydrogen-bond acceptors (Lipinski definition) is 3. The Morgan fingerprint density at radius 1 is 1.24 bits per heavy atom. The van der Waals surface area contributed by atoms with Gasteiger partial charge in [-0.2, -0.15) is 0 Å². The van der Waals surface area contributed by atoms with Gasteiger partial charge in [0.05, 0.1) is 11.3 Å². The minimum absolute atomic E-state index is 0.0528. The van der Waals surface area contributed by atoms with Crippen molar-refractivity contribution >= 4 is 23.6 Å². The van der Waals surface area contributed by atoms with Crippen LogP contribution >= 0.6 is 0 Å². The van der Waals surface area contributed by atoms with Gasteiger partial charge in [0.15, 0.2) is 0 Å². The Balaban J connectivity index is 2.62. The predicted molar refractivity (Wildman–Crippen MR) is 78.5 cm³/mol. The van der Waals surface area contributed by atoms with Gasteiger partial charge in [0, 0.05) is 27.1 Å². The zero-order valence-electron chi connectivity index (χ0n) is 12.3. The minimum Gasteiger partial charge on any atom is -0.478 e. The topological polar surface area (TPSA) is 98.7 Å². The number of benzene rings is 1. The Labute approximate surface area is 122 Å². The summed E-state index contributed by atoms with van der Waals surface area (Å²) in [7, 11) is 3.27. The molecule has 0 unspecified atom stereocenters. The van der Waals surface area contributed by atoms with Crippen LogP contribution in [0, 0.1) is 6.92 Å². The molecule has 0 aliphatic carbocycles. The molecule has 1 rings (SSSR count). The number of nitrogens with zero attached hydrogens (tertiary/aromatic N) is 1. The number of amides is 3. The van der Waals surface area contributed by atoms with Crippen LogP contribution in [0.5, 0.6) is 0 Å². The molecule has 7 heteroatoms. The van der Waals surface area contributed by atoms with E-state index in [-0.39, 0.29) is 30.1 Å². The van der Waals surface area contributed by atoms with Crippen LogP contribution in [0.1, 0.15) is 22.3 Å². The standard InChI is InChI=1S/C14H19N3O4/c1-9-5-4-6-10(12(9)13(19)20)16-14(21)15-8-7-11(18)17(2)3/h4-6H,7-8H2,1-3H3,(H,19,20)(H2,15,16,21). The van der Waals surface area contributed by atoms with E-state index in [9.17, 15) is 14.4 Å². The van der Waals surface area contributed by atoms with Crippen LogP contribution < -0.4 is 10.6 Å². The maximum Gasteiger partial charge on any atom is 0.338 e. The molecule has 0 aromatic heterocycles. The molecule has 3 N–H and O–H groups in total. The Hall–Kier alpha value is -2.57. The summed E-state index contributed by atoms with van der Waals surface area (Å²) in [5.41, 5.74) is 0.832. The first kappa shape index (κ1) is 16.5. The van der Waals surface area contributed by atoms with E-state index in [1.54, 1.807) is 33.2 Å². The van der Waals surface area contributed by atoms with E-state index in [0.29, 0.717) is 5.56 Å². The van der Waals surface area contributed by atoms with Crippen molar-refractivity contribution in [3.63, 3.8) is 0 Å². The normalized spacial score (nSPS) is 9.86. The third-order valence-electron chi connectivity index (χ3n) is 2.86. The van der Waals surface area contributed by atoms with Gasteiger partial charge in [-0.3, -0.25) is 4.79 Å². The Bertz CT molecular complexity index is 555. The van der Waals surface area contributed by atoms with Crippen molar-refractivity contribution in [1.29, 1.82) is 0 Å². The second kappa shape index (κ2) is 7.28. The molecule has 0 aliphatic heterocycles. The van der Waals surface area contributed by atoms with Gasteiger partial charge in [-0.15, -0.1) is 0 Å². The average molecular weight is 293 g/mol. The Kier molecular flexibility index (Phi) is 5.71. The van der Waals surface area contributed by atoms with Crippen LogP contribution in [0.2, 0.25) is 0 Å². The maximum absolute atomic E-state index is 11.7. The van der Waals surface area contributed by atoms with Gasteiger partial charge in [0.2, 0.25) is 5.91 Å². The molecule has 3 amide bonds. The van der Waals surface area contributed by atoms with E-state index in [4.69, 9.17) is 5.11 Å². The molecule has 0 radical (unpaired) electrons. The van der Waals surface area contributed by atoms with E-state index in [1.165, 1.54) is 11.0 Å². The van der Waals surface area contributed by atoms with Crippen LogP contribution in [-0.2, 0) is 4.79 Å². The number of carbonyl (C=O) groups is 3. The fraction of sp³-hybridized carbons (Fsp3) is 0.357. The summed E-state index contributed by atoms with van der Waals surface area (Å²) < 4.78 is 0. The highest BCUT2D eigenvalue weighted by Crippen LogP contribution is 2.19. The van der Waals surface area contributed by atoms with Gasteiger partial charge >= 0.3 is 12.0 Å². The summed E-state index contributed by atoms with van der Waals surface area (Å²) in [5, 5.41) is 14.1. The smallest absolute Gasteiger partial charge is 0.338 e. The predicted octanol–water partition coefficient (Wildman–Crippen LogP) is 1.29. The number of aryl methyl sites for hydroxylation is 1. The second-order valence-corrected chi connectivity index (χ2v) is 4.72. The largest absolute Gasteiger partial charge is 0.478 e. The first-order valence-electron chi connectivity index (χ1n) is 6.41. The lowest BCUT2D eigenvalue weighted by Crippen LogP contribution is -2.33. The fourth-order valence-electron chi connectivity index (χ4n) is 1.73. The first-order chi connectivity index (χ1) is 9.82. The molecule has 1 aromatic rings. The van der Waals surface area contributed by atoms with E-state index in [1.807, 2.05) is 0 Å². The highest BCUT2D eigenvalue weighted by Gasteiger charge is 2.14. The van der Waals surface area contributed by atoms with Crippen molar-refractivity contribution in [3.05, 3.63) is 29.3 Å². The van der Waals surface area contributed by atoms with Crippen molar-refractivity contribution in [2.45, 2.75) is 13.3 Å². The number of nitrogens with one attached hydrogen (secondary N) is 2. The molecular formula is C14H19N3O4. The molecule has 21 heavy (non-hydrogen) atoms. The van der Waals surface area contributed by atoms with Crippen LogP contribution in [0.4, 0.5) is 10.5 Å². The minimum atomic E-state index is -1.11. The molecule has 0 saturated carbocycles. The summed E-state index contributed by atoms with van der Waals surface area (Å²) in [6.45, 7) is 1.83. The van der Waals surface area contributed by atoms with Crippen molar-refractivity contribution in [1.82, 2.24) is 10.2 Å². The SMILES string of the molecule is Cc1cccc(NC(=O)NCCC(=O)N(C)C)c1C(=O)O. The molecule has 0 fully saturated rings. The van der Waals surface area contributed by atoms with Gasteiger partial charge < -0.3 is 20.6 Å². The number of rotatable bonds is 5. The summed E-state index contributed by atoms with van der Waals surface area (Å²) in [5.74, 6) is -1.21. The number of carbonyl (C=O) groups excluding carboxylic acids is 2. The van der Waals surface area contributed by atoms with Gasteiger partial charge in [0.25, 0.3) is 0 Å². The molecule has 0 saturated heterocycles. The lowest BCUT2D eigenvalue weighted by Gasteiger charge is -2.13. The fourth-order valence-corrected chi connectivity index (χ4v) is 1.73. The Morgan fingerprint density at radius 2 is 1.90 bits per heavy atom. The van der Waals surface area contributed by atoms with Crippen molar-refractivity contribution in [2.24, 2.45) is 0 Å². The van der Waals surface area contributed by atoms with E-state index < -0.39 is 12.0 Å². The number of aromatic carboxylic acids is 1. The van der Waals surface area contributed by atoms with Gasteiger partial charge in [-0.25, -0.2) is 9.59 Å². The number of anilines is 1. The molecule has 114 valence electrons. The molecule has 0 bridgehead atoms. The van der Waals surface area contributed by atoms with Gasteiger partial charge in [0.1, 0.15) is 0 Å². The van der Waals surface area contributed by atoms with E-state index in [2.05, 4.69) is 10.6 Å². The second-order valence-electron chi connectivity index (χ2n) is 4.72. The molecule has 7 nitrogen and oxygen atoms in total. The third kappa shape index (κ3) is 4.79. The van der Waals surface area contributed by atoms with Gasteiger partial charge in [-0.05, 0) is 18.6 Å². The number of carboxylic acids is 1. The highest BCUT2D eigenvalue weighted by molar-refractivity contribution is 6.01. The average Bonchev–Trinajstić information content (AvgIpc) is 2.37. The van der Waals surface area contributed by atoms with E-state index >= 15 is 0 Å². The van der Waals surface area contributed by atoms with Crippen LogP contribution in [0.3, 0.4) is 0 Å². The summed E-state index contributed by atoms with van der Waals surface area (Å²) in [6.07, 6.45) is 0.181. The summed E-state index contributed by atoms with van der Waals surface area (Å²) >= 11 is 0. The van der Waals surface area contributed by atoms with Crippen molar-refractivity contribution < 1.29 is 19.5 Å². The zero-order chi connectivity index (χ0) is 16.0. The molecule has 0 aliphatic rings. The lowest BCUT2D eigenvalue weighted by molar-refractivity contribution is -0.128. The Morgan fingerprint density at radius 3 is 2.48 bits per heavy atom. The third-order valence-corrected chi connectivity index (χ3v) is 2.86. The van der Waals surface area contributed by atoms with Crippen LogP contribution in [0.15, 0.2) is 18.2 Å². The molecule has 0 atom stereocenters. The van der Waals surface area contributed by atoms with Crippen molar-refractivity contribution in [2.75, 3.05) is 26.0 Å². The number of urea groups is 1. The monoisotopic (exact) mass is 293 g/mol. The quantitative estimate of drug-likeness (QED) is 0.762. The van der Waals surface area contributed by atoms with Crippen LogP contribution in [-0.4, -0.2) is 48.6 Å². The number of hydrogen-bond donors (Lipinski definition) is 3. The summed E-state index contributed by atoms with van der Waals surface area (Å²) in [6, 6.07) is 4.28. The first-order valence-corrected chi connectivity index (χ1v) is 6.41. The molecule has 0 spiro atoms. The van der Waals surface area contributed by atoms with Crippen molar-refractivity contribution in [3.8, 4) is 0 Å². The molecule has 1 aromatic carbocycles.